The van der Waals surface area contributed by atoms with Crippen LogP contribution in [0.15, 0.2) is 48.7 Å². The molecule has 0 atom stereocenters. The van der Waals surface area contributed by atoms with E-state index < -0.39 is 0 Å². The molecule has 3 aromatic rings. The summed E-state index contributed by atoms with van der Waals surface area (Å²) < 4.78 is 14.7. The second-order valence-corrected chi connectivity index (χ2v) is 5.79. The van der Waals surface area contributed by atoms with E-state index in [1.165, 1.54) is 18.3 Å². The Morgan fingerprint density at radius 3 is 2.60 bits per heavy atom. The number of benzene rings is 2. The van der Waals surface area contributed by atoms with Gasteiger partial charge in [0.25, 0.3) is 5.91 Å². The van der Waals surface area contributed by atoms with Gasteiger partial charge in [-0.25, -0.2) is 9.07 Å². The number of rotatable bonds is 4. The molecule has 0 fully saturated rings. The first-order valence-corrected chi connectivity index (χ1v) is 7.82. The molecular formula is C19H18FN3O2. The zero-order valence-corrected chi connectivity index (χ0v) is 14.0. The van der Waals surface area contributed by atoms with E-state index in [0.29, 0.717) is 22.6 Å². The molecule has 0 spiro atoms. The Kier molecular flexibility index (Phi) is 4.63. The van der Waals surface area contributed by atoms with Crippen LogP contribution in [0.3, 0.4) is 0 Å². The Morgan fingerprint density at radius 2 is 1.92 bits per heavy atom. The van der Waals surface area contributed by atoms with Crippen LogP contribution in [0.1, 0.15) is 27.2 Å². The van der Waals surface area contributed by atoms with Gasteiger partial charge in [0.05, 0.1) is 29.7 Å². The van der Waals surface area contributed by atoms with Crippen molar-refractivity contribution in [2.24, 2.45) is 0 Å². The lowest BCUT2D eigenvalue weighted by molar-refractivity contribution is 0.102. The van der Waals surface area contributed by atoms with Crippen LogP contribution in [0.25, 0.3) is 5.69 Å². The van der Waals surface area contributed by atoms with Gasteiger partial charge in [-0.3, -0.25) is 4.79 Å². The highest BCUT2D eigenvalue weighted by molar-refractivity contribution is 6.05. The Hall–Kier alpha value is -2.99. The van der Waals surface area contributed by atoms with Crippen molar-refractivity contribution in [1.82, 2.24) is 9.78 Å². The van der Waals surface area contributed by atoms with E-state index in [4.69, 9.17) is 0 Å². The first-order chi connectivity index (χ1) is 12.0. The van der Waals surface area contributed by atoms with Crippen molar-refractivity contribution in [3.8, 4) is 5.69 Å². The molecule has 1 aromatic heterocycles. The molecule has 1 amide bonds. The molecule has 2 aromatic carbocycles. The number of carbonyl (C=O) groups excluding carboxylic acids is 1. The summed E-state index contributed by atoms with van der Waals surface area (Å²) in [7, 11) is 0. The second-order valence-electron chi connectivity index (χ2n) is 5.79. The summed E-state index contributed by atoms with van der Waals surface area (Å²) >= 11 is 0. The molecule has 3 rings (SSSR count). The minimum absolute atomic E-state index is 0.0926. The Labute approximate surface area is 144 Å². The van der Waals surface area contributed by atoms with Gasteiger partial charge in [0.2, 0.25) is 0 Å². The van der Waals surface area contributed by atoms with Gasteiger partial charge in [-0.2, -0.15) is 5.10 Å². The Balaban J connectivity index is 1.87. The van der Waals surface area contributed by atoms with Gasteiger partial charge in [0, 0.05) is 5.69 Å². The number of nitrogens with one attached hydrogen (secondary N) is 1. The molecule has 0 aliphatic carbocycles. The average molecular weight is 339 g/mol. The highest BCUT2D eigenvalue weighted by Gasteiger charge is 2.16. The third-order valence-corrected chi connectivity index (χ3v) is 4.06. The lowest BCUT2D eigenvalue weighted by atomic mass is 10.1. The fourth-order valence-electron chi connectivity index (χ4n) is 2.57. The predicted molar refractivity (Wildman–Crippen MR) is 93.3 cm³/mol. The lowest BCUT2D eigenvalue weighted by Gasteiger charge is -2.10. The number of aliphatic hydroxyl groups excluding tert-OH is 1. The molecule has 5 nitrogen and oxygen atoms in total. The van der Waals surface area contributed by atoms with Crippen molar-refractivity contribution in [2.45, 2.75) is 20.5 Å². The third kappa shape index (κ3) is 3.44. The zero-order chi connectivity index (χ0) is 18.0. The number of anilines is 1. The molecule has 25 heavy (non-hydrogen) atoms. The number of aromatic nitrogens is 2. The number of aliphatic hydroxyl groups is 1. The Morgan fingerprint density at radius 1 is 1.20 bits per heavy atom. The zero-order valence-electron chi connectivity index (χ0n) is 14.0. The maximum absolute atomic E-state index is 13.1. The molecular weight excluding hydrogens is 321 g/mol. The Bertz CT molecular complexity index is 917. The normalized spacial score (nSPS) is 10.7. The summed E-state index contributed by atoms with van der Waals surface area (Å²) in [6, 6.07) is 11.3. The van der Waals surface area contributed by atoms with Crippen LogP contribution >= 0.6 is 0 Å². The molecule has 128 valence electrons. The molecule has 0 unspecified atom stereocenters. The van der Waals surface area contributed by atoms with Crippen molar-refractivity contribution in [3.05, 3.63) is 76.9 Å². The largest absolute Gasteiger partial charge is 0.392 e. The number of hydrogen-bond acceptors (Lipinski definition) is 3. The van der Waals surface area contributed by atoms with E-state index in [1.54, 1.807) is 29.8 Å². The number of hydrogen-bond donors (Lipinski definition) is 2. The summed E-state index contributed by atoms with van der Waals surface area (Å²) in [5.74, 6) is -0.616. The van der Waals surface area contributed by atoms with E-state index in [9.17, 15) is 14.3 Å². The van der Waals surface area contributed by atoms with E-state index in [2.05, 4.69) is 10.4 Å². The van der Waals surface area contributed by atoms with Gasteiger partial charge < -0.3 is 10.4 Å². The van der Waals surface area contributed by atoms with Crippen LogP contribution in [-0.4, -0.2) is 20.8 Å². The quantitative estimate of drug-likeness (QED) is 0.766. The minimum atomic E-state index is -0.328. The summed E-state index contributed by atoms with van der Waals surface area (Å²) in [5.41, 5.74) is 4.02. The smallest absolute Gasteiger partial charge is 0.259 e. The summed E-state index contributed by atoms with van der Waals surface area (Å²) in [6.07, 6.45) is 1.49. The molecule has 0 aliphatic heterocycles. The maximum Gasteiger partial charge on any atom is 0.259 e. The van der Waals surface area contributed by atoms with Crippen molar-refractivity contribution in [2.75, 3.05) is 5.32 Å². The van der Waals surface area contributed by atoms with Gasteiger partial charge in [0.15, 0.2) is 0 Å². The molecule has 2 N–H and O–H groups in total. The third-order valence-electron chi connectivity index (χ3n) is 4.06. The molecule has 0 bridgehead atoms. The standard InChI is InChI=1S/C19H18FN3O2/c1-12-3-4-14(11-24)9-18(12)22-19(25)17-10-21-23(13(17)2)16-7-5-15(20)6-8-16/h3-10,24H,11H2,1-2H3,(H,22,25). The van der Waals surface area contributed by atoms with Crippen molar-refractivity contribution in [1.29, 1.82) is 0 Å². The van der Waals surface area contributed by atoms with Crippen LogP contribution < -0.4 is 5.32 Å². The van der Waals surface area contributed by atoms with E-state index in [0.717, 1.165) is 11.1 Å². The summed E-state index contributed by atoms with van der Waals surface area (Å²) in [4.78, 5) is 12.6. The number of carbonyl (C=O) groups is 1. The second kappa shape index (κ2) is 6.86. The number of halogens is 1. The highest BCUT2D eigenvalue weighted by atomic mass is 19.1. The molecule has 0 saturated heterocycles. The van der Waals surface area contributed by atoms with Crippen LogP contribution in [0, 0.1) is 19.7 Å². The first-order valence-electron chi connectivity index (χ1n) is 7.82. The van der Waals surface area contributed by atoms with Crippen molar-refractivity contribution in [3.63, 3.8) is 0 Å². The predicted octanol–water partition coefficient (Wildman–Crippen LogP) is 3.37. The van der Waals surface area contributed by atoms with Crippen LogP contribution in [0.2, 0.25) is 0 Å². The van der Waals surface area contributed by atoms with Crippen molar-refractivity contribution >= 4 is 11.6 Å². The number of nitrogens with zero attached hydrogens (tertiary/aromatic N) is 2. The van der Waals surface area contributed by atoms with E-state index >= 15 is 0 Å². The van der Waals surface area contributed by atoms with Gasteiger partial charge in [-0.1, -0.05) is 12.1 Å². The monoisotopic (exact) mass is 339 g/mol. The van der Waals surface area contributed by atoms with Gasteiger partial charge >= 0.3 is 0 Å². The number of amides is 1. The highest BCUT2D eigenvalue weighted by Crippen LogP contribution is 2.20. The van der Waals surface area contributed by atoms with Gasteiger partial charge in [0.1, 0.15) is 5.82 Å². The summed E-state index contributed by atoms with van der Waals surface area (Å²) in [6.45, 7) is 3.57. The SMILES string of the molecule is Cc1ccc(CO)cc1NC(=O)c1cnn(-c2ccc(F)cc2)c1C. The van der Waals surface area contributed by atoms with Gasteiger partial charge in [-0.15, -0.1) is 0 Å². The van der Waals surface area contributed by atoms with Crippen LogP contribution in [0.4, 0.5) is 10.1 Å². The van der Waals surface area contributed by atoms with Crippen LogP contribution in [0.5, 0.6) is 0 Å². The molecule has 1 heterocycles. The number of aryl methyl sites for hydroxylation is 1. The topological polar surface area (TPSA) is 67.2 Å². The van der Waals surface area contributed by atoms with Crippen molar-refractivity contribution < 1.29 is 14.3 Å². The molecule has 0 aliphatic rings. The minimum Gasteiger partial charge on any atom is -0.392 e. The molecule has 0 saturated carbocycles. The first kappa shape index (κ1) is 16.9. The van der Waals surface area contributed by atoms with Crippen LogP contribution in [-0.2, 0) is 6.61 Å². The van der Waals surface area contributed by atoms with E-state index in [-0.39, 0.29) is 18.3 Å². The summed E-state index contributed by atoms with van der Waals surface area (Å²) in [5, 5.41) is 16.3. The van der Waals surface area contributed by atoms with E-state index in [1.807, 2.05) is 19.1 Å². The fraction of sp³-hybridized carbons (Fsp3) is 0.158. The lowest BCUT2D eigenvalue weighted by Crippen LogP contribution is -2.14. The van der Waals surface area contributed by atoms with Gasteiger partial charge in [-0.05, 0) is 55.3 Å². The molecule has 6 heteroatoms. The fourth-order valence-corrected chi connectivity index (χ4v) is 2.57. The molecule has 0 radical (unpaired) electrons. The maximum atomic E-state index is 13.1. The average Bonchev–Trinajstić information content (AvgIpc) is 2.99.